The smallest absolute Gasteiger partial charge is 0.120 e. The van der Waals surface area contributed by atoms with E-state index >= 15 is 0 Å². The van der Waals surface area contributed by atoms with Crippen LogP contribution in [-0.4, -0.2) is 33.0 Å². The summed E-state index contributed by atoms with van der Waals surface area (Å²) in [5.74, 6) is 0.884. The van der Waals surface area contributed by atoms with Crippen LogP contribution in [0.25, 0.3) is 10.8 Å². The Morgan fingerprint density at radius 1 is 0.714 bits per heavy atom. The lowest BCUT2D eigenvalue weighted by atomic mass is 10.1. The monoisotopic (exact) mass is 381 g/mol. The lowest BCUT2D eigenvalue weighted by molar-refractivity contribution is 0.0366. The van der Waals surface area contributed by atoms with Crippen molar-refractivity contribution in [3.8, 4) is 5.75 Å². The van der Waals surface area contributed by atoms with E-state index in [0.717, 1.165) is 24.5 Å². The van der Waals surface area contributed by atoms with E-state index in [2.05, 4.69) is 31.2 Å². The molecule has 0 spiro atoms. The van der Waals surface area contributed by atoms with Crippen molar-refractivity contribution in [2.24, 2.45) is 0 Å². The van der Waals surface area contributed by atoms with Gasteiger partial charge in [0, 0.05) is 12.3 Å². The molecule has 4 heteroatoms. The van der Waals surface area contributed by atoms with Crippen molar-refractivity contribution in [3.63, 3.8) is 0 Å². The number of ether oxygens (including phenoxy) is 3. The fourth-order valence-electron chi connectivity index (χ4n) is 2.51. The first-order chi connectivity index (χ1) is 13.7. The van der Waals surface area contributed by atoms with Gasteiger partial charge in [-0.05, 0) is 48.4 Å². The highest BCUT2D eigenvalue weighted by molar-refractivity contribution is 5.83. The molecule has 2 N–H and O–H groups in total. The quantitative estimate of drug-likeness (QED) is 0.407. The minimum absolute atomic E-state index is 0.562. The van der Waals surface area contributed by atoms with Gasteiger partial charge in [-0.2, -0.15) is 0 Å². The van der Waals surface area contributed by atoms with Gasteiger partial charge in [-0.1, -0.05) is 55.0 Å². The molecule has 4 nitrogen and oxygen atoms in total. The summed E-state index contributed by atoms with van der Waals surface area (Å²) in [5.41, 5.74) is 7.51. The summed E-state index contributed by atoms with van der Waals surface area (Å²) in [6, 6.07) is 22.2. The zero-order chi connectivity index (χ0) is 20.0. The van der Waals surface area contributed by atoms with Gasteiger partial charge in [0.2, 0.25) is 0 Å². The molecule has 150 valence electrons. The predicted molar refractivity (Wildman–Crippen MR) is 117 cm³/mol. The molecule has 0 fully saturated rings. The topological polar surface area (TPSA) is 53.7 Å². The third-order valence-electron chi connectivity index (χ3n) is 4.02. The SMILES string of the molecule is CCCOCCOCCOc1ccc2ccccc2c1.Cc1ccc(N)cc1. The molecule has 0 bridgehead atoms. The minimum Gasteiger partial charge on any atom is -0.491 e. The first kappa shape index (κ1) is 21.7. The molecule has 0 heterocycles. The van der Waals surface area contributed by atoms with Crippen molar-refractivity contribution in [2.75, 3.05) is 38.8 Å². The maximum atomic E-state index is 5.68. The van der Waals surface area contributed by atoms with E-state index in [1.807, 2.05) is 49.4 Å². The summed E-state index contributed by atoms with van der Waals surface area (Å²) >= 11 is 0. The summed E-state index contributed by atoms with van der Waals surface area (Å²) in [6.07, 6.45) is 1.05. The Morgan fingerprint density at radius 3 is 2.04 bits per heavy atom. The summed E-state index contributed by atoms with van der Waals surface area (Å²) in [4.78, 5) is 0. The lowest BCUT2D eigenvalue weighted by Crippen LogP contribution is -2.11. The number of nitrogens with two attached hydrogens (primary N) is 1. The summed E-state index contributed by atoms with van der Waals surface area (Å²) in [6.45, 7) is 7.37. The normalized spacial score (nSPS) is 10.4. The van der Waals surface area contributed by atoms with Gasteiger partial charge in [-0.25, -0.2) is 0 Å². The molecule has 0 saturated carbocycles. The Morgan fingerprint density at radius 2 is 1.36 bits per heavy atom. The number of nitrogen functional groups attached to an aromatic ring is 1. The van der Waals surface area contributed by atoms with Crippen molar-refractivity contribution >= 4 is 16.5 Å². The zero-order valence-corrected chi connectivity index (χ0v) is 16.9. The van der Waals surface area contributed by atoms with Crippen LogP contribution < -0.4 is 10.5 Å². The van der Waals surface area contributed by atoms with Gasteiger partial charge in [0.1, 0.15) is 12.4 Å². The van der Waals surface area contributed by atoms with Crippen molar-refractivity contribution < 1.29 is 14.2 Å². The molecule has 0 aliphatic rings. The maximum Gasteiger partial charge on any atom is 0.120 e. The van der Waals surface area contributed by atoms with Crippen LogP contribution in [0.5, 0.6) is 5.75 Å². The number of benzene rings is 3. The Balaban J connectivity index is 0.000000292. The van der Waals surface area contributed by atoms with Crippen molar-refractivity contribution in [1.82, 2.24) is 0 Å². The molecular weight excluding hydrogens is 350 g/mol. The molecule has 0 saturated heterocycles. The molecular formula is C24H31NO3. The van der Waals surface area contributed by atoms with Gasteiger partial charge >= 0.3 is 0 Å². The van der Waals surface area contributed by atoms with Crippen LogP contribution in [0.1, 0.15) is 18.9 Å². The van der Waals surface area contributed by atoms with Gasteiger partial charge < -0.3 is 19.9 Å². The molecule has 0 aliphatic heterocycles. The van der Waals surface area contributed by atoms with Crippen molar-refractivity contribution in [2.45, 2.75) is 20.3 Å². The standard InChI is InChI=1S/C17H22O3.C7H9N/c1-2-9-18-10-11-19-12-13-20-17-8-7-15-5-3-4-6-16(15)14-17;1-6-2-4-7(8)5-3-6/h3-8,14H,2,9-13H2,1H3;2-5H,8H2,1H3. The summed E-state index contributed by atoms with van der Waals surface area (Å²) in [7, 11) is 0. The molecule has 0 atom stereocenters. The number of fused-ring (bicyclic) bond motifs is 1. The van der Waals surface area contributed by atoms with Gasteiger partial charge in [0.25, 0.3) is 0 Å². The minimum atomic E-state index is 0.562. The van der Waals surface area contributed by atoms with Gasteiger partial charge in [-0.15, -0.1) is 0 Å². The van der Waals surface area contributed by atoms with Gasteiger partial charge in [-0.3, -0.25) is 0 Å². The molecule has 0 aliphatic carbocycles. The predicted octanol–water partition coefficient (Wildman–Crippen LogP) is 5.24. The van der Waals surface area contributed by atoms with Crippen molar-refractivity contribution in [1.29, 1.82) is 0 Å². The van der Waals surface area contributed by atoms with Gasteiger partial charge in [0.05, 0.1) is 19.8 Å². The second-order valence-corrected chi connectivity index (χ2v) is 6.49. The van der Waals surface area contributed by atoms with Crippen LogP contribution in [-0.2, 0) is 9.47 Å². The number of hydrogen-bond donors (Lipinski definition) is 1. The number of anilines is 1. The second kappa shape index (κ2) is 12.8. The highest BCUT2D eigenvalue weighted by Gasteiger charge is 1.97. The Bertz CT molecular complexity index is 781. The van der Waals surface area contributed by atoms with Gasteiger partial charge in [0.15, 0.2) is 0 Å². The van der Waals surface area contributed by atoms with E-state index in [1.54, 1.807) is 0 Å². The van der Waals surface area contributed by atoms with E-state index in [0.29, 0.717) is 26.4 Å². The van der Waals surface area contributed by atoms with Crippen LogP contribution in [0.3, 0.4) is 0 Å². The fraction of sp³-hybridized carbons (Fsp3) is 0.333. The number of rotatable bonds is 9. The first-order valence-corrected chi connectivity index (χ1v) is 9.78. The first-order valence-electron chi connectivity index (χ1n) is 9.78. The van der Waals surface area contributed by atoms with Crippen LogP contribution in [0.4, 0.5) is 5.69 Å². The van der Waals surface area contributed by atoms with E-state index < -0.39 is 0 Å². The fourth-order valence-corrected chi connectivity index (χ4v) is 2.51. The third kappa shape index (κ3) is 8.42. The summed E-state index contributed by atoms with van der Waals surface area (Å²) in [5, 5.41) is 2.42. The summed E-state index contributed by atoms with van der Waals surface area (Å²) < 4.78 is 16.4. The molecule has 0 amide bonds. The average Bonchev–Trinajstić information content (AvgIpc) is 2.72. The molecule has 3 rings (SSSR count). The molecule has 28 heavy (non-hydrogen) atoms. The number of aryl methyl sites for hydroxylation is 1. The molecule has 0 radical (unpaired) electrons. The largest absolute Gasteiger partial charge is 0.491 e. The molecule has 0 unspecified atom stereocenters. The zero-order valence-electron chi connectivity index (χ0n) is 16.9. The highest BCUT2D eigenvalue weighted by atomic mass is 16.5. The molecule has 3 aromatic carbocycles. The van der Waals surface area contributed by atoms with Crippen LogP contribution >= 0.6 is 0 Å². The Labute approximate surface area is 168 Å². The van der Waals surface area contributed by atoms with Crippen molar-refractivity contribution in [3.05, 3.63) is 72.3 Å². The van der Waals surface area contributed by atoms with Crippen LogP contribution in [0, 0.1) is 6.92 Å². The van der Waals surface area contributed by atoms with E-state index in [-0.39, 0.29) is 0 Å². The van der Waals surface area contributed by atoms with E-state index in [9.17, 15) is 0 Å². The second-order valence-electron chi connectivity index (χ2n) is 6.49. The third-order valence-corrected chi connectivity index (χ3v) is 4.02. The Kier molecular flexibility index (Phi) is 9.91. The number of hydrogen-bond acceptors (Lipinski definition) is 4. The lowest BCUT2D eigenvalue weighted by Gasteiger charge is -2.08. The van der Waals surface area contributed by atoms with E-state index in [4.69, 9.17) is 19.9 Å². The molecule has 3 aromatic rings. The average molecular weight is 382 g/mol. The van der Waals surface area contributed by atoms with Crippen LogP contribution in [0.2, 0.25) is 0 Å². The van der Waals surface area contributed by atoms with Crippen LogP contribution in [0.15, 0.2) is 66.7 Å². The highest BCUT2D eigenvalue weighted by Crippen LogP contribution is 2.20. The van der Waals surface area contributed by atoms with E-state index in [1.165, 1.54) is 16.3 Å². The molecule has 0 aromatic heterocycles. The maximum absolute atomic E-state index is 5.68. The Hall–Kier alpha value is -2.56.